The molecule has 1 N–H and O–H groups in total. The minimum Gasteiger partial charge on any atom is -0.350 e. The van der Waals surface area contributed by atoms with Gasteiger partial charge in [0.05, 0.1) is 5.56 Å². The first-order chi connectivity index (χ1) is 11.3. The van der Waals surface area contributed by atoms with Gasteiger partial charge < -0.3 is 5.32 Å². The van der Waals surface area contributed by atoms with Crippen molar-refractivity contribution in [2.45, 2.75) is 44.9 Å². The van der Waals surface area contributed by atoms with E-state index in [4.69, 9.17) is 0 Å². The lowest BCUT2D eigenvalue weighted by Gasteiger charge is -2.24. The summed E-state index contributed by atoms with van der Waals surface area (Å²) in [5, 5.41) is 2.40. The number of alkyl halides is 3. The smallest absolute Gasteiger partial charge is 0.350 e. The fourth-order valence-electron chi connectivity index (χ4n) is 2.68. The minimum atomic E-state index is -4.52. The van der Waals surface area contributed by atoms with Crippen molar-refractivity contribution in [2.24, 2.45) is 0 Å². The highest BCUT2D eigenvalue weighted by molar-refractivity contribution is 6.05. The van der Waals surface area contributed by atoms with Crippen LogP contribution in [0.15, 0.2) is 24.3 Å². The number of likely N-dealkylation sites (tertiary alicyclic amines) is 1. The zero-order valence-electron chi connectivity index (χ0n) is 13.0. The van der Waals surface area contributed by atoms with E-state index in [1.54, 1.807) is 6.92 Å². The minimum absolute atomic E-state index is 0.0551. The van der Waals surface area contributed by atoms with Crippen molar-refractivity contribution >= 4 is 17.7 Å². The maximum atomic E-state index is 12.9. The molecular weight excluding hydrogens is 325 g/mol. The van der Waals surface area contributed by atoms with Crippen LogP contribution in [0.4, 0.5) is 13.2 Å². The summed E-state index contributed by atoms with van der Waals surface area (Å²) in [5.74, 6) is -1.51. The Morgan fingerprint density at radius 3 is 2.33 bits per heavy atom. The molecule has 1 aliphatic rings. The van der Waals surface area contributed by atoms with Crippen molar-refractivity contribution in [3.8, 4) is 0 Å². The SMILES string of the molecule is CCC(C(=O)NCc1ccccc1C(F)(F)F)N1C(=O)CCC1=O. The van der Waals surface area contributed by atoms with E-state index in [1.807, 2.05) is 0 Å². The molecule has 0 aliphatic carbocycles. The molecule has 1 unspecified atom stereocenters. The van der Waals surface area contributed by atoms with Crippen molar-refractivity contribution in [3.05, 3.63) is 35.4 Å². The molecule has 24 heavy (non-hydrogen) atoms. The zero-order chi connectivity index (χ0) is 17.9. The van der Waals surface area contributed by atoms with Crippen LogP contribution in [0.1, 0.15) is 37.3 Å². The third-order valence-electron chi connectivity index (χ3n) is 3.87. The molecular formula is C16H17F3N2O3. The van der Waals surface area contributed by atoms with Crippen LogP contribution in [0.2, 0.25) is 0 Å². The molecule has 0 aromatic heterocycles. The summed E-state index contributed by atoms with van der Waals surface area (Å²) in [6, 6.07) is 3.93. The monoisotopic (exact) mass is 342 g/mol. The number of carbonyl (C=O) groups is 3. The third-order valence-corrected chi connectivity index (χ3v) is 3.87. The first-order valence-corrected chi connectivity index (χ1v) is 7.53. The van der Waals surface area contributed by atoms with Gasteiger partial charge in [-0.3, -0.25) is 19.3 Å². The molecule has 1 aliphatic heterocycles. The second-order valence-electron chi connectivity index (χ2n) is 5.45. The first-order valence-electron chi connectivity index (χ1n) is 7.53. The Morgan fingerprint density at radius 2 is 1.79 bits per heavy atom. The number of nitrogens with zero attached hydrogens (tertiary/aromatic N) is 1. The second-order valence-corrected chi connectivity index (χ2v) is 5.45. The standard InChI is InChI=1S/C16H17F3N2O3/c1-2-12(21-13(22)7-8-14(21)23)15(24)20-9-10-5-3-4-6-11(10)16(17,18)19/h3-6,12H,2,7-9H2,1H3,(H,20,24). The number of nitrogens with one attached hydrogen (secondary N) is 1. The van der Waals surface area contributed by atoms with E-state index in [1.165, 1.54) is 18.2 Å². The van der Waals surface area contributed by atoms with E-state index in [2.05, 4.69) is 5.32 Å². The van der Waals surface area contributed by atoms with Crippen LogP contribution in [-0.4, -0.2) is 28.7 Å². The highest BCUT2D eigenvalue weighted by atomic mass is 19.4. The summed E-state index contributed by atoms with van der Waals surface area (Å²) < 4.78 is 38.8. The maximum absolute atomic E-state index is 12.9. The second kappa shape index (κ2) is 7.02. The van der Waals surface area contributed by atoms with Gasteiger partial charge in [-0.1, -0.05) is 25.1 Å². The Labute approximate surface area is 136 Å². The highest BCUT2D eigenvalue weighted by Gasteiger charge is 2.38. The molecule has 2 rings (SSSR count). The Bertz CT molecular complexity index is 642. The Kier molecular flexibility index (Phi) is 5.26. The number of halogens is 3. The molecule has 5 nitrogen and oxygen atoms in total. The number of benzene rings is 1. The van der Waals surface area contributed by atoms with Crippen molar-refractivity contribution in [1.82, 2.24) is 10.2 Å². The quantitative estimate of drug-likeness (QED) is 0.835. The first kappa shape index (κ1) is 18.0. The van der Waals surface area contributed by atoms with E-state index in [-0.39, 0.29) is 31.4 Å². The predicted molar refractivity (Wildman–Crippen MR) is 78.5 cm³/mol. The van der Waals surface area contributed by atoms with Crippen molar-refractivity contribution in [1.29, 1.82) is 0 Å². The van der Waals surface area contributed by atoms with Crippen LogP contribution in [0, 0.1) is 0 Å². The van der Waals surface area contributed by atoms with Gasteiger partial charge in [0, 0.05) is 19.4 Å². The molecule has 1 aromatic rings. The Balaban J connectivity index is 2.10. The topological polar surface area (TPSA) is 66.5 Å². The largest absolute Gasteiger partial charge is 0.416 e. The molecule has 1 atom stereocenters. The number of imide groups is 1. The lowest BCUT2D eigenvalue weighted by atomic mass is 10.1. The van der Waals surface area contributed by atoms with Crippen molar-refractivity contribution < 1.29 is 27.6 Å². The summed E-state index contributed by atoms with van der Waals surface area (Å²) in [6.07, 6.45) is -4.21. The number of hydrogen-bond acceptors (Lipinski definition) is 3. The summed E-state index contributed by atoms with van der Waals surface area (Å²) in [5.41, 5.74) is -0.904. The lowest BCUT2D eigenvalue weighted by molar-refractivity contribution is -0.146. The van der Waals surface area contributed by atoms with Gasteiger partial charge >= 0.3 is 6.18 Å². The lowest BCUT2D eigenvalue weighted by Crippen LogP contribution is -2.48. The fraction of sp³-hybridized carbons (Fsp3) is 0.438. The molecule has 8 heteroatoms. The van der Waals surface area contributed by atoms with Crippen LogP contribution in [0.25, 0.3) is 0 Å². The molecule has 3 amide bonds. The van der Waals surface area contributed by atoms with Gasteiger partial charge in [-0.25, -0.2) is 0 Å². The van der Waals surface area contributed by atoms with Crippen LogP contribution in [0.5, 0.6) is 0 Å². The van der Waals surface area contributed by atoms with E-state index in [9.17, 15) is 27.6 Å². The van der Waals surface area contributed by atoms with Gasteiger partial charge in [-0.15, -0.1) is 0 Å². The molecule has 0 saturated carbocycles. The fourth-order valence-corrected chi connectivity index (χ4v) is 2.68. The Hall–Kier alpha value is -2.38. The third kappa shape index (κ3) is 3.74. The normalized spacial score (nSPS) is 16.4. The molecule has 0 radical (unpaired) electrons. The van der Waals surface area contributed by atoms with Gasteiger partial charge in [0.15, 0.2) is 0 Å². The molecule has 0 spiro atoms. The van der Waals surface area contributed by atoms with Crippen molar-refractivity contribution in [2.75, 3.05) is 0 Å². The van der Waals surface area contributed by atoms with Gasteiger partial charge in [-0.2, -0.15) is 13.2 Å². The molecule has 1 heterocycles. The van der Waals surface area contributed by atoms with Crippen LogP contribution >= 0.6 is 0 Å². The average molecular weight is 342 g/mol. The molecule has 1 saturated heterocycles. The van der Waals surface area contributed by atoms with Gasteiger partial charge in [0.1, 0.15) is 6.04 Å². The summed E-state index contributed by atoms with van der Waals surface area (Å²) >= 11 is 0. The van der Waals surface area contributed by atoms with E-state index < -0.39 is 35.5 Å². The summed E-state index contributed by atoms with van der Waals surface area (Å²) in [6.45, 7) is 1.30. The maximum Gasteiger partial charge on any atom is 0.416 e. The van der Waals surface area contributed by atoms with Gasteiger partial charge in [0.25, 0.3) is 0 Å². The van der Waals surface area contributed by atoms with Crippen LogP contribution < -0.4 is 5.32 Å². The number of hydrogen-bond donors (Lipinski definition) is 1. The number of carbonyl (C=O) groups excluding carboxylic acids is 3. The molecule has 1 fully saturated rings. The highest BCUT2D eigenvalue weighted by Crippen LogP contribution is 2.31. The van der Waals surface area contributed by atoms with Crippen LogP contribution in [-0.2, 0) is 27.1 Å². The molecule has 130 valence electrons. The number of amides is 3. The van der Waals surface area contributed by atoms with E-state index >= 15 is 0 Å². The van der Waals surface area contributed by atoms with Gasteiger partial charge in [-0.05, 0) is 18.1 Å². The molecule has 1 aromatic carbocycles. The zero-order valence-corrected chi connectivity index (χ0v) is 13.0. The molecule has 0 bridgehead atoms. The summed E-state index contributed by atoms with van der Waals surface area (Å²) in [4.78, 5) is 36.6. The van der Waals surface area contributed by atoms with E-state index in [0.29, 0.717) is 0 Å². The van der Waals surface area contributed by atoms with E-state index in [0.717, 1.165) is 11.0 Å². The van der Waals surface area contributed by atoms with Crippen LogP contribution in [0.3, 0.4) is 0 Å². The average Bonchev–Trinajstić information content (AvgIpc) is 2.85. The Morgan fingerprint density at radius 1 is 1.21 bits per heavy atom. The van der Waals surface area contributed by atoms with Crippen molar-refractivity contribution in [3.63, 3.8) is 0 Å². The number of rotatable bonds is 5. The predicted octanol–water partition coefficient (Wildman–Crippen LogP) is 2.25. The summed E-state index contributed by atoms with van der Waals surface area (Å²) in [7, 11) is 0. The van der Waals surface area contributed by atoms with Gasteiger partial charge in [0.2, 0.25) is 17.7 Å².